The summed E-state index contributed by atoms with van der Waals surface area (Å²) in [6, 6.07) is 0. The average molecular weight is 166 g/mol. The molecule has 0 aromatic rings. The van der Waals surface area contributed by atoms with Gasteiger partial charge in [0, 0.05) is 20.6 Å². The van der Waals surface area contributed by atoms with Gasteiger partial charge in [-0.15, -0.1) is 0 Å². The van der Waals surface area contributed by atoms with Crippen LogP contribution in [0.1, 0.15) is 13.3 Å². The topological polar surface area (TPSA) is 52.6 Å². The number of hydrogen-bond donors (Lipinski definition) is 0. The Bertz CT molecular complexity index is 157. The highest BCUT2D eigenvalue weighted by molar-refractivity contribution is 7.71. The van der Waals surface area contributed by atoms with Crippen LogP contribution >= 0.6 is 7.60 Å². The number of carbonyl (C=O) groups is 1. The van der Waals surface area contributed by atoms with Crippen molar-refractivity contribution in [3.05, 3.63) is 0 Å². The Kier molecular flexibility index (Phi) is 3.79. The first kappa shape index (κ1) is 9.82. The molecule has 0 aliphatic rings. The summed E-state index contributed by atoms with van der Waals surface area (Å²) in [4.78, 5) is 10.8. The van der Waals surface area contributed by atoms with Gasteiger partial charge in [0.05, 0.1) is 0 Å². The third kappa shape index (κ3) is 1.90. The van der Waals surface area contributed by atoms with Crippen LogP contribution in [-0.4, -0.2) is 19.7 Å². The zero-order chi connectivity index (χ0) is 8.20. The van der Waals surface area contributed by atoms with Gasteiger partial charge >= 0.3 is 7.60 Å². The monoisotopic (exact) mass is 166 g/mol. The van der Waals surface area contributed by atoms with Gasteiger partial charge in [-0.25, -0.2) is 0 Å². The molecule has 0 aromatic carbocycles. The van der Waals surface area contributed by atoms with E-state index in [1.807, 2.05) is 0 Å². The van der Waals surface area contributed by atoms with Crippen molar-refractivity contribution in [3.8, 4) is 0 Å². The van der Waals surface area contributed by atoms with E-state index in [0.717, 1.165) is 0 Å². The third-order valence-corrected chi connectivity index (χ3v) is 2.98. The van der Waals surface area contributed by atoms with Gasteiger partial charge in [0.25, 0.3) is 0 Å². The molecule has 0 bridgehead atoms. The fourth-order valence-corrected chi connectivity index (χ4v) is 1.42. The molecule has 60 valence electrons. The molecule has 0 fully saturated rings. The SMILES string of the molecule is CCC(=O)P(=O)(OC)OC. The van der Waals surface area contributed by atoms with Gasteiger partial charge in [0.2, 0.25) is 5.52 Å². The molecular weight excluding hydrogens is 155 g/mol. The molecule has 0 amide bonds. The summed E-state index contributed by atoms with van der Waals surface area (Å²) < 4.78 is 19.9. The largest absolute Gasteiger partial charge is 0.396 e. The molecule has 4 nitrogen and oxygen atoms in total. The molecule has 0 N–H and O–H groups in total. The molecular formula is C5H11O4P. The molecule has 0 aliphatic heterocycles. The van der Waals surface area contributed by atoms with Crippen molar-refractivity contribution in [2.24, 2.45) is 0 Å². The molecule has 0 aliphatic carbocycles. The minimum absolute atomic E-state index is 0.166. The molecule has 10 heavy (non-hydrogen) atoms. The molecule has 0 atom stereocenters. The molecule has 0 spiro atoms. The lowest BCUT2D eigenvalue weighted by molar-refractivity contribution is -0.113. The van der Waals surface area contributed by atoms with Gasteiger partial charge in [0.1, 0.15) is 0 Å². The van der Waals surface area contributed by atoms with Crippen LogP contribution in [0.15, 0.2) is 0 Å². The van der Waals surface area contributed by atoms with Crippen LogP contribution in [0.5, 0.6) is 0 Å². The second kappa shape index (κ2) is 3.86. The Labute approximate surface area is 60.1 Å². The van der Waals surface area contributed by atoms with E-state index in [2.05, 4.69) is 9.05 Å². The van der Waals surface area contributed by atoms with E-state index in [1.54, 1.807) is 6.92 Å². The normalized spacial score (nSPS) is 11.5. The van der Waals surface area contributed by atoms with Crippen molar-refractivity contribution in [1.82, 2.24) is 0 Å². The van der Waals surface area contributed by atoms with Gasteiger partial charge < -0.3 is 9.05 Å². The molecule has 0 rings (SSSR count). The summed E-state index contributed by atoms with van der Waals surface area (Å²) in [5, 5.41) is 0. The van der Waals surface area contributed by atoms with Crippen LogP contribution in [0.2, 0.25) is 0 Å². The fraction of sp³-hybridized carbons (Fsp3) is 0.800. The third-order valence-electron chi connectivity index (χ3n) is 1.09. The van der Waals surface area contributed by atoms with E-state index in [0.29, 0.717) is 0 Å². The van der Waals surface area contributed by atoms with E-state index < -0.39 is 13.1 Å². The minimum Gasteiger partial charge on any atom is -0.307 e. The molecule has 0 saturated carbocycles. The van der Waals surface area contributed by atoms with E-state index in [9.17, 15) is 9.36 Å². The lowest BCUT2D eigenvalue weighted by Gasteiger charge is -2.09. The van der Waals surface area contributed by atoms with Crippen LogP contribution < -0.4 is 0 Å². The predicted octanol–water partition coefficient (Wildman–Crippen LogP) is 1.41. The molecule has 5 heteroatoms. The van der Waals surface area contributed by atoms with Crippen molar-refractivity contribution in [2.45, 2.75) is 13.3 Å². The standard InChI is InChI=1S/C5H11O4P/c1-4-5(6)10(7,8-2)9-3/h4H2,1-3H3. The van der Waals surface area contributed by atoms with Gasteiger partial charge in [-0.05, 0) is 0 Å². The molecule has 0 saturated heterocycles. The zero-order valence-electron chi connectivity index (χ0n) is 6.29. The van der Waals surface area contributed by atoms with E-state index in [1.165, 1.54) is 14.2 Å². The van der Waals surface area contributed by atoms with E-state index in [4.69, 9.17) is 0 Å². The Balaban J connectivity index is 4.34. The van der Waals surface area contributed by atoms with Crippen LogP contribution in [0.4, 0.5) is 0 Å². The first-order valence-electron chi connectivity index (χ1n) is 2.85. The minimum atomic E-state index is -3.41. The van der Waals surface area contributed by atoms with E-state index >= 15 is 0 Å². The predicted molar refractivity (Wildman–Crippen MR) is 36.9 cm³/mol. The Morgan fingerprint density at radius 1 is 1.40 bits per heavy atom. The van der Waals surface area contributed by atoms with Crippen molar-refractivity contribution < 1.29 is 18.4 Å². The average Bonchev–Trinajstić information content (AvgIpc) is 2.01. The quantitative estimate of drug-likeness (QED) is 0.592. The molecule has 0 radical (unpaired) electrons. The van der Waals surface area contributed by atoms with E-state index in [-0.39, 0.29) is 6.42 Å². The fourth-order valence-electron chi connectivity index (χ4n) is 0.472. The van der Waals surface area contributed by atoms with Gasteiger partial charge in [-0.3, -0.25) is 9.36 Å². The second-order valence-electron chi connectivity index (χ2n) is 1.61. The first-order valence-corrected chi connectivity index (χ1v) is 4.40. The summed E-state index contributed by atoms with van der Waals surface area (Å²) in [5.74, 6) is 0. The molecule has 0 aromatic heterocycles. The smallest absolute Gasteiger partial charge is 0.307 e. The Morgan fingerprint density at radius 3 is 1.90 bits per heavy atom. The highest BCUT2D eigenvalue weighted by atomic mass is 31.2. The maximum absolute atomic E-state index is 11.1. The number of rotatable bonds is 4. The second-order valence-corrected chi connectivity index (χ2v) is 3.83. The first-order chi connectivity index (χ1) is 4.60. The van der Waals surface area contributed by atoms with Crippen molar-refractivity contribution in [3.63, 3.8) is 0 Å². The van der Waals surface area contributed by atoms with Gasteiger partial charge in [-0.2, -0.15) is 0 Å². The highest BCUT2D eigenvalue weighted by Crippen LogP contribution is 2.47. The zero-order valence-corrected chi connectivity index (χ0v) is 7.18. The summed E-state index contributed by atoms with van der Waals surface area (Å²) >= 11 is 0. The highest BCUT2D eigenvalue weighted by Gasteiger charge is 2.29. The summed E-state index contributed by atoms with van der Waals surface area (Å²) in [7, 11) is -1.03. The van der Waals surface area contributed by atoms with Gasteiger partial charge in [0.15, 0.2) is 0 Å². The van der Waals surface area contributed by atoms with Gasteiger partial charge in [-0.1, -0.05) is 6.92 Å². The van der Waals surface area contributed by atoms with Crippen LogP contribution in [0, 0.1) is 0 Å². The Hall–Kier alpha value is -0.180. The Morgan fingerprint density at radius 2 is 1.80 bits per heavy atom. The molecule has 0 unspecified atom stereocenters. The lowest BCUT2D eigenvalue weighted by atomic mass is 10.6. The summed E-state index contributed by atoms with van der Waals surface area (Å²) in [6.45, 7) is 1.60. The van der Waals surface area contributed by atoms with Crippen molar-refractivity contribution in [1.29, 1.82) is 0 Å². The maximum Gasteiger partial charge on any atom is 0.396 e. The number of carbonyl (C=O) groups excluding carboxylic acids is 1. The lowest BCUT2D eigenvalue weighted by Crippen LogP contribution is -2.00. The summed E-state index contributed by atoms with van der Waals surface area (Å²) in [5.41, 5.74) is -0.488. The number of hydrogen-bond acceptors (Lipinski definition) is 4. The van der Waals surface area contributed by atoms with Crippen LogP contribution in [0.25, 0.3) is 0 Å². The molecule has 0 heterocycles. The van der Waals surface area contributed by atoms with Crippen LogP contribution in [0.3, 0.4) is 0 Å². The van der Waals surface area contributed by atoms with Crippen molar-refractivity contribution >= 4 is 13.1 Å². The summed E-state index contributed by atoms with van der Waals surface area (Å²) in [6.07, 6.45) is 0.166. The maximum atomic E-state index is 11.1. The van der Waals surface area contributed by atoms with Crippen LogP contribution in [-0.2, 0) is 18.4 Å². The van der Waals surface area contributed by atoms with Crippen molar-refractivity contribution in [2.75, 3.05) is 14.2 Å².